The van der Waals surface area contributed by atoms with Gasteiger partial charge in [-0.2, -0.15) is 0 Å². The zero-order chi connectivity index (χ0) is 6.15. The topological polar surface area (TPSA) is 52.3 Å². The number of esters is 1. The predicted octanol–water partition coefficient (Wildman–Crippen LogP) is -0.226. The van der Waals surface area contributed by atoms with Crippen molar-refractivity contribution in [1.29, 1.82) is 0 Å². The van der Waals surface area contributed by atoms with Crippen molar-refractivity contribution in [3.63, 3.8) is 0 Å². The summed E-state index contributed by atoms with van der Waals surface area (Å²) in [4.78, 5) is 10.3. The highest BCUT2D eigenvalue weighted by Crippen LogP contribution is 2.07. The van der Waals surface area contributed by atoms with E-state index in [2.05, 4.69) is 4.74 Å². The first-order valence-electron chi connectivity index (χ1n) is 2.38. The normalized spacial score (nSPS) is 27.4. The SMILES string of the molecule is CC1OC(=O)C=C1N. The van der Waals surface area contributed by atoms with E-state index in [1.54, 1.807) is 6.92 Å². The molecular weight excluding hydrogens is 106 g/mol. The van der Waals surface area contributed by atoms with Gasteiger partial charge in [-0.1, -0.05) is 0 Å². The summed E-state index contributed by atoms with van der Waals surface area (Å²) in [5, 5.41) is 0. The van der Waals surface area contributed by atoms with Gasteiger partial charge in [-0.25, -0.2) is 4.79 Å². The Morgan fingerprint density at radius 2 is 2.50 bits per heavy atom. The number of ether oxygens (including phenoxy) is 1. The molecular formula is C5H7NO2. The predicted molar refractivity (Wildman–Crippen MR) is 27.8 cm³/mol. The van der Waals surface area contributed by atoms with Gasteiger partial charge >= 0.3 is 5.97 Å². The molecule has 0 saturated heterocycles. The summed E-state index contributed by atoms with van der Waals surface area (Å²) in [5.74, 6) is -0.338. The maximum absolute atomic E-state index is 10.3. The van der Waals surface area contributed by atoms with Crippen molar-refractivity contribution in [2.24, 2.45) is 5.73 Å². The third-order valence-corrected chi connectivity index (χ3v) is 1.05. The molecule has 0 aliphatic carbocycles. The number of hydrogen-bond acceptors (Lipinski definition) is 3. The molecule has 0 aromatic carbocycles. The smallest absolute Gasteiger partial charge is 0.333 e. The van der Waals surface area contributed by atoms with Crippen LogP contribution in [0.1, 0.15) is 6.92 Å². The summed E-state index contributed by atoms with van der Waals surface area (Å²) in [6, 6.07) is 0. The second-order valence-corrected chi connectivity index (χ2v) is 1.72. The highest BCUT2D eigenvalue weighted by atomic mass is 16.5. The highest BCUT2D eigenvalue weighted by molar-refractivity contribution is 5.85. The Morgan fingerprint density at radius 1 is 1.88 bits per heavy atom. The number of nitrogens with two attached hydrogens (primary N) is 1. The molecule has 44 valence electrons. The third-order valence-electron chi connectivity index (χ3n) is 1.05. The molecule has 1 heterocycles. The van der Waals surface area contributed by atoms with Crippen LogP contribution in [0.5, 0.6) is 0 Å². The zero-order valence-electron chi connectivity index (χ0n) is 4.55. The van der Waals surface area contributed by atoms with Crippen LogP contribution >= 0.6 is 0 Å². The van der Waals surface area contributed by atoms with Gasteiger partial charge in [0, 0.05) is 6.08 Å². The van der Waals surface area contributed by atoms with Crippen LogP contribution in [-0.4, -0.2) is 12.1 Å². The van der Waals surface area contributed by atoms with E-state index in [-0.39, 0.29) is 12.1 Å². The molecule has 1 atom stereocenters. The van der Waals surface area contributed by atoms with E-state index in [0.717, 1.165) is 0 Å². The Morgan fingerprint density at radius 3 is 2.62 bits per heavy atom. The van der Waals surface area contributed by atoms with Gasteiger partial charge in [0.05, 0.1) is 5.70 Å². The molecule has 0 saturated carbocycles. The number of rotatable bonds is 0. The van der Waals surface area contributed by atoms with Crippen molar-refractivity contribution >= 4 is 5.97 Å². The Kier molecular flexibility index (Phi) is 0.970. The summed E-state index contributed by atoms with van der Waals surface area (Å²) in [7, 11) is 0. The van der Waals surface area contributed by atoms with E-state index >= 15 is 0 Å². The van der Waals surface area contributed by atoms with Crippen molar-refractivity contribution in [1.82, 2.24) is 0 Å². The fraction of sp³-hybridized carbons (Fsp3) is 0.400. The van der Waals surface area contributed by atoms with Crippen molar-refractivity contribution in [2.75, 3.05) is 0 Å². The van der Waals surface area contributed by atoms with Gasteiger partial charge in [0.2, 0.25) is 0 Å². The average Bonchev–Trinajstić information content (AvgIpc) is 1.85. The molecule has 3 heteroatoms. The minimum atomic E-state index is -0.338. The van der Waals surface area contributed by atoms with Gasteiger partial charge in [0.25, 0.3) is 0 Å². The molecule has 0 amide bonds. The summed E-state index contributed by atoms with van der Waals surface area (Å²) in [6.07, 6.45) is 1.08. The molecule has 0 aromatic rings. The number of carbonyl (C=O) groups excluding carboxylic acids is 1. The van der Waals surface area contributed by atoms with Crippen molar-refractivity contribution < 1.29 is 9.53 Å². The molecule has 1 aliphatic rings. The van der Waals surface area contributed by atoms with Crippen LogP contribution in [0.2, 0.25) is 0 Å². The Balaban J connectivity index is 2.73. The summed E-state index contributed by atoms with van der Waals surface area (Å²) in [5.41, 5.74) is 5.79. The van der Waals surface area contributed by atoms with Crippen LogP contribution in [-0.2, 0) is 9.53 Å². The molecule has 0 aromatic heterocycles. The lowest BCUT2D eigenvalue weighted by Gasteiger charge is -2.00. The minimum Gasteiger partial charge on any atom is -0.453 e. The van der Waals surface area contributed by atoms with Crippen LogP contribution in [0, 0.1) is 0 Å². The number of carbonyl (C=O) groups is 1. The number of hydrogen-bond donors (Lipinski definition) is 1. The molecule has 1 rings (SSSR count). The summed E-state index contributed by atoms with van der Waals surface area (Å²) in [6.45, 7) is 1.73. The minimum absolute atomic E-state index is 0.220. The first-order chi connectivity index (χ1) is 3.70. The number of cyclic esters (lactones) is 1. The first kappa shape index (κ1) is 5.15. The quantitative estimate of drug-likeness (QED) is 0.441. The van der Waals surface area contributed by atoms with Crippen LogP contribution in [0.15, 0.2) is 11.8 Å². The van der Waals surface area contributed by atoms with Gasteiger partial charge < -0.3 is 10.5 Å². The maximum Gasteiger partial charge on any atom is 0.333 e. The lowest BCUT2D eigenvalue weighted by atomic mass is 10.3. The molecule has 0 fully saturated rings. The fourth-order valence-corrected chi connectivity index (χ4v) is 0.530. The summed E-state index contributed by atoms with van der Waals surface area (Å²) < 4.78 is 4.62. The maximum atomic E-state index is 10.3. The van der Waals surface area contributed by atoms with Gasteiger partial charge in [0.15, 0.2) is 0 Å². The van der Waals surface area contributed by atoms with Gasteiger partial charge in [-0.15, -0.1) is 0 Å². The lowest BCUT2D eigenvalue weighted by Crippen LogP contribution is -2.11. The monoisotopic (exact) mass is 113 g/mol. The second kappa shape index (κ2) is 1.51. The van der Waals surface area contributed by atoms with Crippen molar-refractivity contribution in [2.45, 2.75) is 13.0 Å². The van der Waals surface area contributed by atoms with Crippen LogP contribution in [0.25, 0.3) is 0 Å². The van der Waals surface area contributed by atoms with Crippen LogP contribution in [0.4, 0.5) is 0 Å². The molecule has 1 unspecified atom stereocenters. The largest absolute Gasteiger partial charge is 0.453 e. The molecule has 3 nitrogen and oxygen atoms in total. The first-order valence-corrected chi connectivity index (χ1v) is 2.38. The average molecular weight is 113 g/mol. The van der Waals surface area contributed by atoms with E-state index in [4.69, 9.17) is 5.73 Å². The Hall–Kier alpha value is -0.990. The molecule has 0 spiro atoms. The van der Waals surface area contributed by atoms with E-state index < -0.39 is 0 Å². The fourth-order valence-electron chi connectivity index (χ4n) is 0.530. The zero-order valence-corrected chi connectivity index (χ0v) is 4.55. The summed E-state index contributed by atoms with van der Waals surface area (Å²) >= 11 is 0. The Bertz CT molecular complexity index is 151. The molecule has 0 radical (unpaired) electrons. The molecule has 0 bridgehead atoms. The molecule has 2 N–H and O–H groups in total. The van der Waals surface area contributed by atoms with E-state index in [1.807, 2.05) is 0 Å². The van der Waals surface area contributed by atoms with Crippen LogP contribution in [0.3, 0.4) is 0 Å². The molecule has 1 aliphatic heterocycles. The van der Waals surface area contributed by atoms with Gasteiger partial charge in [-0.05, 0) is 6.92 Å². The standard InChI is InChI=1S/C5H7NO2/c1-3-4(6)2-5(7)8-3/h2-3H,6H2,1H3. The van der Waals surface area contributed by atoms with Gasteiger partial charge in [-0.3, -0.25) is 0 Å². The lowest BCUT2D eigenvalue weighted by molar-refractivity contribution is -0.138. The highest BCUT2D eigenvalue weighted by Gasteiger charge is 2.17. The molecule has 8 heavy (non-hydrogen) atoms. The van der Waals surface area contributed by atoms with E-state index in [9.17, 15) is 4.79 Å². The van der Waals surface area contributed by atoms with Crippen molar-refractivity contribution in [3.8, 4) is 0 Å². The van der Waals surface area contributed by atoms with E-state index in [1.165, 1.54) is 6.08 Å². The van der Waals surface area contributed by atoms with Crippen molar-refractivity contribution in [3.05, 3.63) is 11.8 Å². The second-order valence-electron chi connectivity index (χ2n) is 1.72. The van der Waals surface area contributed by atoms with Gasteiger partial charge in [0.1, 0.15) is 6.10 Å². The van der Waals surface area contributed by atoms with E-state index in [0.29, 0.717) is 5.70 Å². The van der Waals surface area contributed by atoms with Crippen LogP contribution < -0.4 is 5.73 Å². The third kappa shape index (κ3) is 0.665. The Labute approximate surface area is 47.1 Å².